The third kappa shape index (κ3) is 1.63. The van der Waals surface area contributed by atoms with Crippen LogP contribution in [0.15, 0.2) is 12.5 Å². The molecule has 2 heteroatoms. The first kappa shape index (κ1) is 6.46. The predicted octanol–water partition coefficient (Wildman–Crippen LogP) is 1.23. The Balaban J connectivity index is 2.11. The van der Waals surface area contributed by atoms with Gasteiger partial charge in [-0.2, -0.15) is 0 Å². The fourth-order valence-corrected chi connectivity index (χ4v) is 1.14. The average Bonchev–Trinajstić information content (AvgIpc) is 1.60. The molecule has 0 aromatic heterocycles. The van der Waals surface area contributed by atoms with Crippen LogP contribution >= 0.6 is 0 Å². The predicted molar refractivity (Wildman–Crippen MR) is 36.6 cm³/mol. The van der Waals surface area contributed by atoms with Gasteiger partial charge in [0, 0.05) is 0 Å². The number of nitrogens with two attached hydrogens (primary N) is 1. The second-order valence-electron chi connectivity index (χ2n) is 2.78. The summed E-state index contributed by atoms with van der Waals surface area (Å²) in [4.78, 5) is 0. The van der Waals surface area contributed by atoms with Gasteiger partial charge in [0.1, 0.15) is 6.10 Å². The molecule has 0 spiro atoms. The lowest BCUT2D eigenvalue weighted by Crippen LogP contribution is -2.30. The molecule has 1 saturated carbocycles. The van der Waals surface area contributed by atoms with Crippen molar-refractivity contribution < 1.29 is 4.74 Å². The van der Waals surface area contributed by atoms with Crippen LogP contribution < -0.4 is 5.73 Å². The lowest BCUT2D eigenvalue weighted by molar-refractivity contribution is 0.0168. The third-order valence-electron chi connectivity index (χ3n) is 1.65. The maximum atomic E-state index is 5.23. The van der Waals surface area contributed by atoms with E-state index in [1.807, 2.05) is 0 Å². The summed E-state index contributed by atoms with van der Waals surface area (Å²) in [5.74, 6) is 1.17. The highest BCUT2D eigenvalue weighted by Gasteiger charge is 2.26. The minimum absolute atomic E-state index is 0.354. The van der Waals surface area contributed by atoms with Gasteiger partial charge >= 0.3 is 0 Å². The highest BCUT2D eigenvalue weighted by molar-refractivity contribution is 4.82. The summed E-state index contributed by atoms with van der Waals surface area (Å²) in [6, 6.07) is 0. The summed E-state index contributed by atoms with van der Waals surface area (Å²) in [6.45, 7) is 5.67. The Morgan fingerprint density at radius 1 is 1.67 bits per heavy atom. The van der Waals surface area contributed by atoms with Crippen molar-refractivity contribution in [3.8, 4) is 0 Å². The Labute approximate surface area is 55.7 Å². The van der Waals surface area contributed by atoms with E-state index in [0.717, 1.165) is 18.8 Å². The van der Waals surface area contributed by atoms with Gasteiger partial charge in [-0.05, 0) is 25.3 Å². The standard InChI is InChI=1S/C7H13NO/c1-5-3-7(4-5)9-6(2)8/h5,7H,2-4,8H2,1H3/t5-,7+. The molecule has 0 amide bonds. The molecule has 1 rings (SSSR count). The van der Waals surface area contributed by atoms with E-state index in [1.54, 1.807) is 0 Å². The minimum atomic E-state index is 0.354. The molecule has 1 fully saturated rings. The molecule has 0 unspecified atom stereocenters. The van der Waals surface area contributed by atoms with Crippen LogP contribution in [0.3, 0.4) is 0 Å². The van der Waals surface area contributed by atoms with Crippen molar-refractivity contribution in [2.45, 2.75) is 25.9 Å². The monoisotopic (exact) mass is 127 g/mol. The second-order valence-corrected chi connectivity index (χ2v) is 2.78. The van der Waals surface area contributed by atoms with Crippen LogP contribution in [0.5, 0.6) is 0 Å². The Morgan fingerprint density at radius 2 is 2.22 bits per heavy atom. The van der Waals surface area contributed by atoms with Gasteiger partial charge in [-0.1, -0.05) is 6.92 Å². The summed E-state index contributed by atoms with van der Waals surface area (Å²) in [5, 5.41) is 0. The van der Waals surface area contributed by atoms with Crippen LogP contribution in [-0.2, 0) is 4.74 Å². The Morgan fingerprint density at radius 3 is 2.56 bits per heavy atom. The van der Waals surface area contributed by atoms with E-state index in [2.05, 4.69) is 13.5 Å². The topological polar surface area (TPSA) is 35.2 Å². The number of hydrogen-bond acceptors (Lipinski definition) is 2. The molecule has 0 bridgehead atoms. The molecule has 1 aliphatic carbocycles. The number of ether oxygens (including phenoxy) is 1. The first-order valence-electron chi connectivity index (χ1n) is 3.29. The van der Waals surface area contributed by atoms with Crippen molar-refractivity contribution in [1.29, 1.82) is 0 Å². The van der Waals surface area contributed by atoms with Crippen molar-refractivity contribution in [1.82, 2.24) is 0 Å². The summed E-state index contributed by atoms with van der Waals surface area (Å²) < 4.78 is 5.14. The average molecular weight is 127 g/mol. The molecule has 0 saturated heterocycles. The van der Waals surface area contributed by atoms with Gasteiger partial charge in [0.15, 0.2) is 5.88 Å². The lowest BCUT2D eigenvalue weighted by Gasteiger charge is -2.32. The van der Waals surface area contributed by atoms with Gasteiger partial charge in [-0.15, -0.1) is 0 Å². The Bertz CT molecular complexity index is 116. The number of rotatable bonds is 2. The maximum absolute atomic E-state index is 5.23. The summed E-state index contributed by atoms with van der Waals surface area (Å²) in [5.41, 5.74) is 5.23. The molecule has 2 N–H and O–H groups in total. The maximum Gasteiger partial charge on any atom is 0.176 e. The zero-order valence-electron chi connectivity index (χ0n) is 5.76. The smallest absolute Gasteiger partial charge is 0.176 e. The van der Waals surface area contributed by atoms with Gasteiger partial charge in [-0.25, -0.2) is 0 Å². The van der Waals surface area contributed by atoms with E-state index in [1.165, 1.54) is 0 Å². The van der Waals surface area contributed by atoms with Crippen molar-refractivity contribution in [2.75, 3.05) is 0 Å². The molecule has 0 atom stereocenters. The highest BCUT2D eigenvalue weighted by Crippen LogP contribution is 2.29. The zero-order valence-corrected chi connectivity index (χ0v) is 5.76. The SMILES string of the molecule is C=C(N)O[C@H]1C[C@@H](C)C1. The molecule has 0 aromatic rings. The molecule has 0 radical (unpaired) electrons. The van der Waals surface area contributed by atoms with E-state index in [4.69, 9.17) is 10.5 Å². The van der Waals surface area contributed by atoms with Crippen molar-refractivity contribution in [3.05, 3.63) is 12.5 Å². The Kier molecular flexibility index (Phi) is 1.65. The van der Waals surface area contributed by atoms with E-state index in [0.29, 0.717) is 12.0 Å². The largest absolute Gasteiger partial charge is 0.477 e. The third-order valence-corrected chi connectivity index (χ3v) is 1.65. The van der Waals surface area contributed by atoms with Gasteiger partial charge in [0.05, 0.1) is 0 Å². The molecule has 1 aliphatic rings. The van der Waals surface area contributed by atoms with E-state index < -0.39 is 0 Å². The summed E-state index contributed by atoms with van der Waals surface area (Å²) >= 11 is 0. The molecule has 0 aliphatic heterocycles. The molecule has 2 nitrogen and oxygen atoms in total. The zero-order chi connectivity index (χ0) is 6.85. The van der Waals surface area contributed by atoms with Crippen molar-refractivity contribution in [3.63, 3.8) is 0 Å². The van der Waals surface area contributed by atoms with Crippen LogP contribution in [0.2, 0.25) is 0 Å². The van der Waals surface area contributed by atoms with E-state index >= 15 is 0 Å². The summed E-state index contributed by atoms with van der Waals surface area (Å²) in [7, 11) is 0. The number of hydrogen-bond donors (Lipinski definition) is 1. The molecule has 9 heavy (non-hydrogen) atoms. The van der Waals surface area contributed by atoms with Crippen LogP contribution in [0, 0.1) is 5.92 Å². The molecule has 0 aromatic carbocycles. The molecule has 52 valence electrons. The fourth-order valence-electron chi connectivity index (χ4n) is 1.14. The molecular weight excluding hydrogens is 114 g/mol. The first-order valence-corrected chi connectivity index (χ1v) is 3.29. The van der Waals surface area contributed by atoms with Crippen molar-refractivity contribution >= 4 is 0 Å². The van der Waals surface area contributed by atoms with Gasteiger partial charge in [-0.3, -0.25) is 0 Å². The van der Waals surface area contributed by atoms with Crippen LogP contribution in [0.1, 0.15) is 19.8 Å². The minimum Gasteiger partial charge on any atom is -0.477 e. The van der Waals surface area contributed by atoms with E-state index in [9.17, 15) is 0 Å². The first-order chi connectivity index (χ1) is 4.18. The molecule has 0 heterocycles. The van der Waals surface area contributed by atoms with Gasteiger partial charge < -0.3 is 10.5 Å². The summed E-state index contributed by atoms with van der Waals surface area (Å²) in [6.07, 6.45) is 2.63. The molecular formula is C7H13NO. The second kappa shape index (κ2) is 2.29. The lowest BCUT2D eigenvalue weighted by atomic mass is 9.84. The van der Waals surface area contributed by atoms with Gasteiger partial charge in [0.25, 0.3) is 0 Å². The quantitative estimate of drug-likeness (QED) is 0.566. The van der Waals surface area contributed by atoms with Crippen LogP contribution in [0.25, 0.3) is 0 Å². The fraction of sp³-hybridized carbons (Fsp3) is 0.714. The Hall–Kier alpha value is -0.660. The van der Waals surface area contributed by atoms with E-state index in [-0.39, 0.29) is 0 Å². The van der Waals surface area contributed by atoms with Crippen LogP contribution in [0.4, 0.5) is 0 Å². The highest BCUT2D eigenvalue weighted by atomic mass is 16.5. The normalized spacial score (nSPS) is 33.0. The van der Waals surface area contributed by atoms with Crippen molar-refractivity contribution in [2.24, 2.45) is 11.7 Å². The van der Waals surface area contributed by atoms with Crippen LogP contribution in [-0.4, -0.2) is 6.10 Å². The van der Waals surface area contributed by atoms with Gasteiger partial charge in [0.2, 0.25) is 0 Å².